The van der Waals surface area contributed by atoms with E-state index in [1.54, 1.807) is 12.1 Å². The molecule has 1 aromatic rings. The van der Waals surface area contributed by atoms with Crippen molar-refractivity contribution in [1.82, 2.24) is 0 Å². The molecule has 0 aliphatic carbocycles. The van der Waals surface area contributed by atoms with Crippen LogP contribution in [0, 0.1) is 0 Å². The van der Waals surface area contributed by atoms with Crippen molar-refractivity contribution in [3.05, 3.63) is 29.8 Å². The number of ether oxygens (including phenoxy) is 1. The molecule has 5 nitrogen and oxygen atoms in total. The van der Waals surface area contributed by atoms with Crippen LogP contribution in [0.4, 0.5) is 0 Å². The lowest BCUT2D eigenvalue weighted by molar-refractivity contribution is -0.277. The summed E-state index contributed by atoms with van der Waals surface area (Å²) in [6, 6.07) is 6.04. The van der Waals surface area contributed by atoms with Crippen molar-refractivity contribution in [1.29, 1.82) is 0 Å². The molecule has 0 aromatic heterocycles. The minimum atomic E-state index is -2.33. The van der Waals surface area contributed by atoms with Crippen LogP contribution in [0.5, 0.6) is 5.75 Å². The number of rotatable bonds is 3. The number of benzene rings is 1. The smallest absolute Gasteiger partial charge is 0.318 e. The third-order valence-corrected chi connectivity index (χ3v) is 1.46. The van der Waals surface area contributed by atoms with Gasteiger partial charge in [0.25, 0.3) is 5.91 Å². The Morgan fingerprint density at radius 2 is 2.00 bits per heavy atom. The molecule has 0 spiro atoms. The summed E-state index contributed by atoms with van der Waals surface area (Å²) >= 11 is 0. The van der Waals surface area contributed by atoms with Crippen molar-refractivity contribution in [3.8, 4) is 5.75 Å². The van der Waals surface area contributed by atoms with Gasteiger partial charge in [-0.15, -0.1) is 0 Å². The van der Waals surface area contributed by atoms with E-state index < -0.39 is 11.9 Å². The summed E-state index contributed by atoms with van der Waals surface area (Å²) < 4.78 is 4.70. The summed E-state index contributed by atoms with van der Waals surface area (Å²) in [4.78, 5) is 10.9. The second-order valence-electron chi connectivity index (χ2n) is 2.90. The molecule has 0 aliphatic rings. The van der Waals surface area contributed by atoms with Gasteiger partial charge in [-0.05, 0) is 12.1 Å². The molecule has 0 bridgehead atoms. The normalized spacial score (nSPS) is 11.1. The Morgan fingerprint density at radius 1 is 1.43 bits per heavy atom. The maximum absolute atomic E-state index is 10.9. The molecule has 0 heterocycles. The van der Waals surface area contributed by atoms with E-state index in [-0.39, 0.29) is 11.3 Å². The average molecular weight is 197 g/mol. The van der Waals surface area contributed by atoms with Crippen LogP contribution in [0.3, 0.4) is 0 Å². The third kappa shape index (κ3) is 2.72. The molecular formula is C9H11NO4. The fourth-order valence-corrected chi connectivity index (χ4v) is 0.968. The second-order valence-corrected chi connectivity index (χ2v) is 2.90. The Kier molecular flexibility index (Phi) is 2.73. The first-order chi connectivity index (χ1) is 6.40. The zero-order valence-corrected chi connectivity index (χ0v) is 7.60. The summed E-state index contributed by atoms with van der Waals surface area (Å²) in [5, 5.41) is 17.9. The predicted octanol–water partition coefficient (Wildman–Crippen LogP) is -0.177. The van der Waals surface area contributed by atoms with E-state index in [9.17, 15) is 4.79 Å². The molecule has 0 saturated carbocycles. The highest BCUT2D eigenvalue weighted by molar-refractivity contribution is 5.95. The van der Waals surface area contributed by atoms with Crippen LogP contribution in [-0.2, 0) is 0 Å². The summed E-state index contributed by atoms with van der Waals surface area (Å²) in [6.45, 7) is 1.03. The van der Waals surface area contributed by atoms with Crippen LogP contribution >= 0.6 is 0 Å². The first kappa shape index (κ1) is 10.5. The lowest BCUT2D eigenvalue weighted by atomic mass is 10.2. The van der Waals surface area contributed by atoms with E-state index in [2.05, 4.69) is 0 Å². The predicted molar refractivity (Wildman–Crippen MR) is 48.4 cm³/mol. The summed E-state index contributed by atoms with van der Waals surface area (Å²) in [6.07, 6.45) is 0. The van der Waals surface area contributed by atoms with Crippen LogP contribution in [0.1, 0.15) is 17.3 Å². The maximum atomic E-state index is 10.9. The number of hydrogen-bond donors (Lipinski definition) is 3. The molecule has 1 aromatic carbocycles. The number of para-hydroxylation sites is 1. The van der Waals surface area contributed by atoms with E-state index in [4.69, 9.17) is 20.7 Å². The largest absolute Gasteiger partial charge is 0.439 e. The highest BCUT2D eigenvalue weighted by Gasteiger charge is 2.20. The highest BCUT2D eigenvalue weighted by atomic mass is 16.8. The van der Waals surface area contributed by atoms with Crippen molar-refractivity contribution in [2.45, 2.75) is 12.9 Å². The standard InChI is InChI=1S/C9H11NO4/c1-9(12,13)14-7-5-3-2-4-6(7)8(10)11/h2-5,12-13H,1H3,(H2,10,11). The van der Waals surface area contributed by atoms with Crippen LogP contribution in [0.15, 0.2) is 24.3 Å². The van der Waals surface area contributed by atoms with Gasteiger partial charge in [0.15, 0.2) is 0 Å². The zero-order chi connectivity index (χ0) is 10.8. The molecule has 0 unspecified atom stereocenters. The molecule has 1 amide bonds. The number of carbonyl (C=O) groups is 1. The van der Waals surface area contributed by atoms with Gasteiger partial charge in [-0.2, -0.15) is 0 Å². The van der Waals surface area contributed by atoms with Gasteiger partial charge in [0.2, 0.25) is 0 Å². The molecule has 0 radical (unpaired) electrons. The monoisotopic (exact) mass is 197 g/mol. The van der Waals surface area contributed by atoms with E-state index >= 15 is 0 Å². The second kappa shape index (κ2) is 3.65. The van der Waals surface area contributed by atoms with Gasteiger partial charge < -0.3 is 20.7 Å². The Hall–Kier alpha value is -1.59. The lowest BCUT2D eigenvalue weighted by Crippen LogP contribution is -2.31. The molecule has 4 N–H and O–H groups in total. The Balaban J connectivity index is 3.02. The quantitative estimate of drug-likeness (QED) is 0.586. The molecule has 0 atom stereocenters. The molecule has 0 aliphatic heterocycles. The van der Waals surface area contributed by atoms with Gasteiger partial charge in [-0.3, -0.25) is 4.79 Å². The SMILES string of the molecule is CC(O)(O)Oc1ccccc1C(N)=O. The maximum Gasteiger partial charge on any atom is 0.318 e. The first-order valence-electron chi connectivity index (χ1n) is 3.93. The Labute approximate surface area is 80.7 Å². The zero-order valence-electron chi connectivity index (χ0n) is 7.60. The Bertz CT molecular complexity index is 343. The molecule has 1 rings (SSSR count). The van der Waals surface area contributed by atoms with Crippen LogP contribution in [-0.4, -0.2) is 22.1 Å². The Morgan fingerprint density at radius 3 is 2.50 bits per heavy atom. The molecule has 5 heteroatoms. The van der Waals surface area contributed by atoms with Crippen molar-refractivity contribution in [2.75, 3.05) is 0 Å². The number of primary amides is 1. The van der Waals surface area contributed by atoms with Crippen molar-refractivity contribution in [3.63, 3.8) is 0 Å². The molecular weight excluding hydrogens is 186 g/mol. The minimum absolute atomic E-state index is 0.0347. The van der Waals surface area contributed by atoms with E-state index in [0.717, 1.165) is 6.92 Å². The fraction of sp³-hybridized carbons (Fsp3) is 0.222. The number of hydrogen-bond acceptors (Lipinski definition) is 4. The number of amides is 1. The number of aliphatic hydroxyl groups is 2. The molecule has 14 heavy (non-hydrogen) atoms. The van der Waals surface area contributed by atoms with E-state index in [0.29, 0.717) is 0 Å². The van der Waals surface area contributed by atoms with Gasteiger partial charge in [-0.25, -0.2) is 0 Å². The van der Waals surface area contributed by atoms with E-state index in [1.807, 2.05) is 0 Å². The molecule has 0 saturated heterocycles. The van der Waals surface area contributed by atoms with Crippen molar-refractivity contribution >= 4 is 5.91 Å². The van der Waals surface area contributed by atoms with Crippen LogP contribution in [0.25, 0.3) is 0 Å². The third-order valence-electron chi connectivity index (χ3n) is 1.46. The van der Waals surface area contributed by atoms with Crippen molar-refractivity contribution in [2.24, 2.45) is 5.73 Å². The summed E-state index contributed by atoms with van der Waals surface area (Å²) in [7, 11) is 0. The van der Waals surface area contributed by atoms with Gasteiger partial charge in [0, 0.05) is 6.92 Å². The average Bonchev–Trinajstić information content (AvgIpc) is 2.01. The van der Waals surface area contributed by atoms with Crippen LogP contribution < -0.4 is 10.5 Å². The number of nitrogens with two attached hydrogens (primary N) is 1. The topological polar surface area (TPSA) is 92.8 Å². The number of carbonyl (C=O) groups excluding carboxylic acids is 1. The fourth-order valence-electron chi connectivity index (χ4n) is 0.968. The van der Waals surface area contributed by atoms with Crippen molar-refractivity contribution < 1.29 is 19.7 Å². The molecule has 0 fully saturated rings. The highest BCUT2D eigenvalue weighted by Crippen LogP contribution is 2.20. The summed E-state index contributed by atoms with van der Waals surface area (Å²) in [5.41, 5.74) is 5.15. The minimum Gasteiger partial charge on any atom is -0.439 e. The van der Waals surface area contributed by atoms with Gasteiger partial charge in [-0.1, -0.05) is 12.1 Å². The molecule has 76 valence electrons. The van der Waals surface area contributed by atoms with Gasteiger partial charge in [0.1, 0.15) is 5.75 Å². The lowest BCUT2D eigenvalue weighted by Gasteiger charge is -2.18. The first-order valence-corrected chi connectivity index (χ1v) is 3.93. The van der Waals surface area contributed by atoms with E-state index in [1.165, 1.54) is 12.1 Å². The summed E-state index contributed by atoms with van der Waals surface area (Å²) in [5.74, 6) is -2.98. The van der Waals surface area contributed by atoms with Gasteiger partial charge in [0.05, 0.1) is 5.56 Å². The van der Waals surface area contributed by atoms with Crippen LogP contribution in [0.2, 0.25) is 0 Å². The van der Waals surface area contributed by atoms with Gasteiger partial charge >= 0.3 is 5.97 Å².